The molecule has 37 heavy (non-hydrogen) atoms. The van der Waals surface area contributed by atoms with E-state index in [1.54, 1.807) is 11.9 Å². The first kappa shape index (κ1) is 25.9. The summed E-state index contributed by atoms with van der Waals surface area (Å²) < 4.78 is 0. The molecule has 0 aliphatic rings. The lowest BCUT2D eigenvalue weighted by atomic mass is 9.87. The summed E-state index contributed by atoms with van der Waals surface area (Å²) in [6.45, 7) is 2.40. The maximum atomic E-state index is 14.2. The third-order valence-corrected chi connectivity index (χ3v) is 6.77. The van der Waals surface area contributed by atoms with E-state index in [1.165, 1.54) is 0 Å². The number of hydrogen-bond donors (Lipinski definition) is 1. The minimum atomic E-state index is -0.631. The van der Waals surface area contributed by atoms with Crippen molar-refractivity contribution in [2.75, 3.05) is 7.05 Å². The van der Waals surface area contributed by atoms with Gasteiger partial charge in [0.05, 0.1) is 0 Å². The normalized spacial score (nSPS) is 11.6. The SMILES string of the molecule is CNC(=O)[C@@H](Cc1ccccc1)N(Cc1ccc(C)cc1)C(=O)CC(c1ccccc1)c1ccccc1. The van der Waals surface area contributed by atoms with Crippen molar-refractivity contribution >= 4 is 11.8 Å². The van der Waals surface area contributed by atoms with E-state index in [1.807, 2.05) is 97.9 Å². The van der Waals surface area contributed by atoms with Gasteiger partial charge in [-0.25, -0.2) is 0 Å². The highest BCUT2D eigenvalue weighted by Crippen LogP contribution is 2.30. The van der Waals surface area contributed by atoms with Crippen molar-refractivity contribution in [3.8, 4) is 0 Å². The van der Waals surface area contributed by atoms with Gasteiger partial charge in [-0.15, -0.1) is 0 Å². The summed E-state index contributed by atoms with van der Waals surface area (Å²) in [7, 11) is 1.63. The molecule has 0 saturated carbocycles. The van der Waals surface area contributed by atoms with Gasteiger partial charge in [0, 0.05) is 32.4 Å². The summed E-state index contributed by atoms with van der Waals surface area (Å²) in [6, 6.07) is 37.6. The Labute approximate surface area is 220 Å². The number of carbonyl (C=O) groups excluding carboxylic acids is 2. The Morgan fingerprint density at radius 3 is 1.73 bits per heavy atom. The smallest absolute Gasteiger partial charge is 0.242 e. The van der Waals surface area contributed by atoms with E-state index in [0.717, 1.165) is 27.8 Å². The molecule has 0 fully saturated rings. The fourth-order valence-corrected chi connectivity index (χ4v) is 4.70. The van der Waals surface area contributed by atoms with Crippen molar-refractivity contribution in [3.63, 3.8) is 0 Å². The molecular weight excluding hydrogens is 456 g/mol. The average Bonchev–Trinajstić information content (AvgIpc) is 2.95. The lowest BCUT2D eigenvalue weighted by molar-refractivity contribution is -0.141. The highest BCUT2D eigenvalue weighted by atomic mass is 16.2. The summed E-state index contributed by atoms with van der Waals surface area (Å²) >= 11 is 0. The molecule has 0 saturated heterocycles. The molecule has 0 aliphatic carbocycles. The second kappa shape index (κ2) is 12.7. The fraction of sp³-hybridized carbons (Fsp3) is 0.212. The second-order valence-corrected chi connectivity index (χ2v) is 9.41. The average molecular weight is 491 g/mol. The molecule has 1 atom stereocenters. The summed E-state index contributed by atoms with van der Waals surface area (Å²) in [5.41, 5.74) is 5.33. The van der Waals surface area contributed by atoms with Crippen LogP contribution in [0.3, 0.4) is 0 Å². The first-order valence-electron chi connectivity index (χ1n) is 12.8. The van der Waals surface area contributed by atoms with E-state index in [-0.39, 0.29) is 24.2 Å². The number of aryl methyl sites for hydroxylation is 1. The summed E-state index contributed by atoms with van der Waals surface area (Å²) in [5, 5.41) is 2.80. The Kier molecular flexibility index (Phi) is 8.88. The third-order valence-electron chi connectivity index (χ3n) is 6.77. The van der Waals surface area contributed by atoms with Crippen LogP contribution in [-0.2, 0) is 22.6 Å². The van der Waals surface area contributed by atoms with Crippen molar-refractivity contribution in [1.82, 2.24) is 10.2 Å². The molecule has 0 aromatic heterocycles. The molecule has 188 valence electrons. The Balaban J connectivity index is 1.71. The van der Waals surface area contributed by atoms with Gasteiger partial charge in [-0.2, -0.15) is 0 Å². The van der Waals surface area contributed by atoms with Crippen LogP contribution in [0.2, 0.25) is 0 Å². The Morgan fingerprint density at radius 2 is 1.22 bits per heavy atom. The van der Waals surface area contributed by atoms with E-state index >= 15 is 0 Å². The van der Waals surface area contributed by atoms with Crippen LogP contribution in [0.15, 0.2) is 115 Å². The number of nitrogens with one attached hydrogen (secondary N) is 1. The molecule has 0 aliphatic heterocycles. The highest BCUT2D eigenvalue weighted by molar-refractivity contribution is 5.88. The lowest BCUT2D eigenvalue weighted by Gasteiger charge is -2.32. The topological polar surface area (TPSA) is 49.4 Å². The Bertz CT molecular complexity index is 1230. The molecule has 0 heterocycles. The van der Waals surface area contributed by atoms with Crippen molar-refractivity contribution < 1.29 is 9.59 Å². The summed E-state index contributed by atoms with van der Waals surface area (Å²) in [6.07, 6.45) is 0.710. The zero-order chi connectivity index (χ0) is 26.0. The van der Waals surface area contributed by atoms with Gasteiger partial charge in [-0.1, -0.05) is 121 Å². The van der Waals surface area contributed by atoms with Gasteiger partial charge < -0.3 is 10.2 Å². The lowest BCUT2D eigenvalue weighted by Crippen LogP contribution is -2.50. The maximum Gasteiger partial charge on any atom is 0.242 e. The van der Waals surface area contributed by atoms with Crippen LogP contribution in [-0.4, -0.2) is 29.8 Å². The molecule has 0 spiro atoms. The van der Waals surface area contributed by atoms with Gasteiger partial charge in [-0.3, -0.25) is 9.59 Å². The number of benzene rings is 4. The molecule has 1 N–H and O–H groups in total. The first-order valence-corrected chi connectivity index (χ1v) is 12.8. The van der Waals surface area contributed by atoms with Crippen LogP contribution in [0.1, 0.15) is 40.2 Å². The minimum Gasteiger partial charge on any atom is -0.357 e. The van der Waals surface area contributed by atoms with Crippen molar-refractivity contribution in [1.29, 1.82) is 0 Å². The number of nitrogens with zero attached hydrogens (tertiary/aromatic N) is 1. The van der Waals surface area contributed by atoms with E-state index in [4.69, 9.17) is 0 Å². The van der Waals surface area contributed by atoms with Crippen molar-refractivity contribution in [2.45, 2.75) is 38.3 Å². The van der Waals surface area contributed by atoms with Gasteiger partial charge in [-0.05, 0) is 29.2 Å². The second-order valence-electron chi connectivity index (χ2n) is 9.41. The Morgan fingerprint density at radius 1 is 0.703 bits per heavy atom. The zero-order valence-electron chi connectivity index (χ0n) is 21.5. The minimum absolute atomic E-state index is 0.0530. The summed E-state index contributed by atoms with van der Waals surface area (Å²) in [5.74, 6) is -0.333. The van der Waals surface area contributed by atoms with Crippen LogP contribution in [0, 0.1) is 6.92 Å². The van der Waals surface area contributed by atoms with Crippen LogP contribution >= 0.6 is 0 Å². The molecule has 2 amide bonds. The number of likely N-dealkylation sites (N-methyl/N-ethyl adjacent to an activating group) is 1. The predicted octanol–water partition coefficient (Wildman–Crippen LogP) is 5.90. The monoisotopic (exact) mass is 490 g/mol. The van der Waals surface area contributed by atoms with E-state index in [2.05, 4.69) is 29.6 Å². The van der Waals surface area contributed by atoms with Gasteiger partial charge in [0.1, 0.15) is 6.04 Å². The molecule has 0 bridgehead atoms. The van der Waals surface area contributed by atoms with Crippen molar-refractivity contribution in [2.24, 2.45) is 0 Å². The molecule has 4 heteroatoms. The van der Waals surface area contributed by atoms with E-state index < -0.39 is 6.04 Å². The van der Waals surface area contributed by atoms with Gasteiger partial charge >= 0.3 is 0 Å². The van der Waals surface area contributed by atoms with Crippen LogP contribution in [0.25, 0.3) is 0 Å². The molecule has 4 rings (SSSR count). The van der Waals surface area contributed by atoms with E-state index in [9.17, 15) is 9.59 Å². The molecule has 0 unspecified atom stereocenters. The third kappa shape index (κ3) is 6.95. The Hall–Kier alpha value is -4.18. The van der Waals surface area contributed by atoms with Gasteiger partial charge in [0.25, 0.3) is 0 Å². The van der Waals surface area contributed by atoms with Crippen molar-refractivity contribution in [3.05, 3.63) is 143 Å². The number of carbonyl (C=O) groups is 2. The zero-order valence-corrected chi connectivity index (χ0v) is 21.5. The molecule has 0 radical (unpaired) electrons. The maximum absolute atomic E-state index is 14.2. The van der Waals surface area contributed by atoms with E-state index in [0.29, 0.717) is 13.0 Å². The summed E-state index contributed by atoms with van der Waals surface area (Å²) in [4.78, 5) is 29.2. The van der Waals surface area contributed by atoms with Crippen LogP contribution in [0.5, 0.6) is 0 Å². The van der Waals surface area contributed by atoms with Crippen LogP contribution < -0.4 is 5.32 Å². The molecule has 4 nitrogen and oxygen atoms in total. The van der Waals surface area contributed by atoms with Gasteiger partial charge in [0.15, 0.2) is 0 Å². The molecular formula is C33H34N2O2. The highest BCUT2D eigenvalue weighted by Gasteiger charge is 2.31. The molecule has 4 aromatic carbocycles. The molecule has 4 aromatic rings. The number of amides is 2. The first-order chi connectivity index (χ1) is 18.0. The largest absolute Gasteiger partial charge is 0.357 e. The quantitative estimate of drug-likeness (QED) is 0.301. The predicted molar refractivity (Wildman–Crippen MR) is 149 cm³/mol. The van der Waals surface area contributed by atoms with Gasteiger partial charge in [0.2, 0.25) is 11.8 Å². The number of hydrogen-bond acceptors (Lipinski definition) is 2. The fourth-order valence-electron chi connectivity index (χ4n) is 4.70. The standard InChI is InChI=1S/C33H34N2O2/c1-25-18-20-27(21-19-25)24-35(31(33(37)34-2)22-26-12-6-3-7-13-26)32(36)23-30(28-14-8-4-9-15-28)29-16-10-5-11-17-29/h3-21,30-31H,22-24H2,1-2H3,(H,34,37)/t31-/m1/s1. The van der Waals surface area contributed by atoms with Crippen LogP contribution in [0.4, 0.5) is 0 Å². The number of rotatable bonds is 10.